The smallest absolute Gasteiger partial charge is 0.285 e. The van der Waals surface area contributed by atoms with Gasteiger partial charge in [-0.1, -0.05) is 30.2 Å². The second kappa shape index (κ2) is 5.48. The molecule has 1 aliphatic carbocycles. The summed E-state index contributed by atoms with van der Waals surface area (Å²) < 4.78 is 13.1. The molecule has 1 aromatic heterocycles. The summed E-state index contributed by atoms with van der Waals surface area (Å²) in [7, 11) is 0. The molecule has 0 amide bonds. The molecule has 4 nitrogen and oxygen atoms in total. The summed E-state index contributed by atoms with van der Waals surface area (Å²) in [6.45, 7) is 0.642. The molecule has 0 bridgehead atoms. The van der Waals surface area contributed by atoms with E-state index < -0.39 is 5.56 Å². The van der Waals surface area contributed by atoms with Crippen LogP contribution in [0, 0.1) is 5.82 Å². The molecule has 0 spiro atoms. The van der Waals surface area contributed by atoms with Gasteiger partial charge in [-0.3, -0.25) is 4.79 Å². The number of benzene rings is 1. The Hall–Kier alpha value is -1.88. The first-order valence-corrected chi connectivity index (χ1v) is 7.22. The number of anilines is 1. The first-order chi connectivity index (χ1) is 10.1. The van der Waals surface area contributed by atoms with E-state index >= 15 is 0 Å². The van der Waals surface area contributed by atoms with Gasteiger partial charge >= 0.3 is 0 Å². The van der Waals surface area contributed by atoms with Crippen LogP contribution < -0.4 is 10.9 Å². The zero-order valence-corrected chi connectivity index (χ0v) is 12.1. The standard InChI is InChI=1S/C15H15ClFN3O/c16-13-12(8-19-20-14(13)21)18-9-15(6-1-7-15)10-2-4-11(17)5-3-10/h2-5,8H,1,6-7,9H2,(H2,18,20,21). The molecule has 0 saturated heterocycles. The Balaban J connectivity index is 1.80. The van der Waals surface area contributed by atoms with Gasteiger partial charge in [0.1, 0.15) is 10.8 Å². The van der Waals surface area contributed by atoms with E-state index in [4.69, 9.17) is 11.6 Å². The Morgan fingerprint density at radius 1 is 1.33 bits per heavy atom. The van der Waals surface area contributed by atoms with Gasteiger partial charge in [-0.2, -0.15) is 5.10 Å². The summed E-state index contributed by atoms with van der Waals surface area (Å²) in [5, 5.41) is 9.33. The van der Waals surface area contributed by atoms with E-state index in [1.807, 2.05) is 12.1 Å². The van der Waals surface area contributed by atoms with Gasteiger partial charge in [0.2, 0.25) is 0 Å². The number of nitrogens with zero attached hydrogens (tertiary/aromatic N) is 1. The van der Waals surface area contributed by atoms with E-state index in [1.54, 1.807) is 0 Å². The maximum atomic E-state index is 13.1. The zero-order valence-electron chi connectivity index (χ0n) is 11.3. The highest BCUT2D eigenvalue weighted by molar-refractivity contribution is 6.32. The average Bonchev–Trinajstić information content (AvgIpc) is 2.44. The molecule has 0 atom stereocenters. The third-order valence-corrected chi connectivity index (χ3v) is 4.56. The Kier molecular flexibility index (Phi) is 3.68. The first-order valence-electron chi connectivity index (χ1n) is 6.84. The number of hydrogen-bond donors (Lipinski definition) is 2. The van der Waals surface area contributed by atoms with Crippen molar-refractivity contribution >= 4 is 17.3 Å². The minimum absolute atomic E-state index is 0.0281. The highest BCUT2D eigenvalue weighted by atomic mass is 35.5. The van der Waals surface area contributed by atoms with Crippen molar-refractivity contribution in [3.05, 3.63) is 57.2 Å². The minimum atomic E-state index is -0.411. The zero-order chi connectivity index (χ0) is 14.9. The quantitative estimate of drug-likeness (QED) is 0.912. The highest BCUT2D eigenvalue weighted by Crippen LogP contribution is 2.43. The third kappa shape index (κ3) is 2.65. The lowest BCUT2D eigenvalue weighted by atomic mass is 9.64. The van der Waals surface area contributed by atoms with Crippen molar-refractivity contribution in [3.63, 3.8) is 0 Å². The van der Waals surface area contributed by atoms with Crippen LogP contribution in [0.4, 0.5) is 10.1 Å². The molecule has 2 N–H and O–H groups in total. The van der Waals surface area contributed by atoms with Gasteiger partial charge in [0.15, 0.2) is 0 Å². The molecular weight excluding hydrogens is 293 g/mol. The van der Waals surface area contributed by atoms with Gasteiger partial charge < -0.3 is 5.32 Å². The Morgan fingerprint density at radius 2 is 2.05 bits per heavy atom. The predicted octanol–water partition coefficient (Wildman–Crippen LogP) is 3.10. The maximum Gasteiger partial charge on any atom is 0.285 e. The number of H-pyrrole nitrogens is 1. The monoisotopic (exact) mass is 307 g/mol. The Bertz CT molecular complexity index is 695. The van der Waals surface area contributed by atoms with Crippen molar-refractivity contribution in [3.8, 4) is 0 Å². The van der Waals surface area contributed by atoms with Gasteiger partial charge in [0.05, 0.1) is 11.9 Å². The van der Waals surface area contributed by atoms with Crippen LogP contribution in [0.5, 0.6) is 0 Å². The van der Waals surface area contributed by atoms with E-state index in [9.17, 15) is 9.18 Å². The van der Waals surface area contributed by atoms with Crippen molar-refractivity contribution < 1.29 is 4.39 Å². The summed E-state index contributed by atoms with van der Waals surface area (Å²) in [4.78, 5) is 11.4. The summed E-state index contributed by atoms with van der Waals surface area (Å²) in [6, 6.07) is 6.62. The van der Waals surface area contributed by atoms with Crippen LogP contribution in [0.1, 0.15) is 24.8 Å². The third-order valence-electron chi connectivity index (χ3n) is 4.18. The molecule has 1 saturated carbocycles. The average molecular weight is 308 g/mol. The van der Waals surface area contributed by atoms with Gasteiger partial charge in [0, 0.05) is 12.0 Å². The molecule has 110 valence electrons. The van der Waals surface area contributed by atoms with Gasteiger partial charge in [-0.05, 0) is 30.5 Å². The normalized spacial score (nSPS) is 16.3. The molecule has 1 fully saturated rings. The van der Waals surface area contributed by atoms with E-state index in [0.29, 0.717) is 12.2 Å². The van der Waals surface area contributed by atoms with Crippen LogP contribution in [-0.4, -0.2) is 16.7 Å². The summed E-state index contributed by atoms with van der Waals surface area (Å²) in [5.41, 5.74) is 1.19. The van der Waals surface area contributed by atoms with Crippen molar-refractivity contribution in [2.24, 2.45) is 0 Å². The first kappa shape index (κ1) is 14.1. The minimum Gasteiger partial charge on any atom is -0.381 e. The fourth-order valence-electron chi connectivity index (χ4n) is 2.75. The molecule has 1 aromatic carbocycles. The van der Waals surface area contributed by atoms with Crippen LogP contribution in [0.25, 0.3) is 0 Å². The SMILES string of the molecule is O=c1[nH]ncc(NCC2(c3ccc(F)cc3)CCC2)c1Cl. The predicted molar refractivity (Wildman–Crippen MR) is 80.3 cm³/mol. The lowest BCUT2D eigenvalue weighted by molar-refractivity contribution is 0.260. The number of hydrogen-bond acceptors (Lipinski definition) is 3. The van der Waals surface area contributed by atoms with Crippen LogP contribution >= 0.6 is 11.6 Å². The molecule has 6 heteroatoms. The summed E-state index contributed by atoms with van der Waals surface area (Å²) in [5.74, 6) is -0.233. The lowest BCUT2D eigenvalue weighted by Crippen LogP contribution is -2.41. The van der Waals surface area contributed by atoms with E-state index in [1.165, 1.54) is 18.3 Å². The number of aromatic nitrogens is 2. The van der Waals surface area contributed by atoms with E-state index in [-0.39, 0.29) is 16.3 Å². The number of nitrogens with one attached hydrogen (secondary N) is 2. The van der Waals surface area contributed by atoms with Gasteiger partial charge in [0.25, 0.3) is 5.56 Å². The Morgan fingerprint density at radius 3 is 2.67 bits per heavy atom. The fraction of sp³-hybridized carbons (Fsp3) is 0.333. The molecular formula is C15H15ClFN3O. The van der Waals surface area contributed by atoms with Crippen LogP contribution in [0.15, 0.2) is 35.3 Å². The summed E-state index contributed by atoms with van der Waals surface area (Å²) >= 11 is 5.95. The van der Waals surface area contributed by atoms with Gasteiger partial charge in [-0.15, -0.1) is 0 Å². The number of rotatable bonds is 4. The number of aromatic amines is 1. The highest BCUT2D eigenvalue weighted by Gasteiger charge is 2.38. The van der Waals surface area contributed by atoms with Gasteiger partial charge in [-0.25, -0.2) is 9.49 Å². The van der Waals surface area contributed by atoms with Crippen molar-refractivity contribution in [1.29, 1.82) is 0 Å². The number of halogens is 2. The fourth-order valence-corrected chi connectivity index (χ4v) is 2.90. The van der Waals surface area contributed by atoms with Crippen LogP contribution in [0.2, 0.25) is 5.02 Å². The summed E-state index contributed by atoms with van der Waals surface area (Å²) in [6.07, 6.45) is 4.70. The molecule has 1 heterocycles. The molecule has 0 unspecified atom stereocenters. The largest absolute Gasteiger partial charge is 0.381 e. The molecule has 0 aliphatic heterocycles. The second-order valence-corrected chi connectivity index (χ2v) is 5.80. The Labute approximate surface area is 126 Å². The molecule has 21 heavy (non-hydrogen) atoms. The van der Waals surface area contributed by atoms with E-state index in [2.05, 4.69) is 15.5 Å². The molecule has 2 aromatic rings. The van der Waals surface area contributed by atoms with Crippen molar-refractivity contribution in [2.75, 3.05) is 11.9 Å². The van der Waals surface area contributed by atoms with Crippen LogP contribution in [-0.2, 0) is 5.41 Å². The molecule has 0 radical (unpaired) electrons. The molecule has 1 aliphatic rings. The molecule has 3 rings (SSSR count). The maximum absolute atomic E-state index is 13.1. The lowest BCUT2D eigenvalue weighted by Gasteiger charge is -2.43. The van der Waals surface area contributed by atoms with Crippen molar-refractivity contribution in [2.45, 2.75) is 24.7 Å². The van der Waals surface area contributed by atoms with E-state index in [0.717, 1.165) is 24.8 Å². The van der Waals surface area contributed by atoms with Crippen LogP contribution in [0.3, 0.4) is 0 Å². The topological polar surface area (TPSA) is 57.8 Å². The second-order valence-electron chi connectivity index (χ2n) is 5.42. The van der Waals surface area contributed by atoms with Crippen molar-refractivity contribution in [1.82, 2.24) is 10.2 Å².